The van der Waals surface area contributed by atoms with Crippen molar-refractivity contribution < 1.29 is 14.5 Å². The van der Waals surface area contributed by atoms with Gasteiger partial charge in [-0.25, -0.2) is 5.84 Å². The van der Waals surface area contributed by atoms with E-state index in [1.807, 2.05) is 12.3 Å². The van der Waals surface area contributed by atoms with E-state index in [0.717, 1.165) is 0 Å². The number of halogens is 1. The average Bonchev–Trinajstić information content (AvgIpc) is 2.39. The van der Waals surface area contributed by atoms with Crippen LogP contribution in [-0.4, -0.2) is 16.9 Å². The molecule has 104 valence electrons. The molecular formula is C11H14ClN3O4. The molecule has 0 bridgehead atoms. The Morgan fingerprint density at radius 3 is 2.84 bits per heavy atom. The highest BCUT2D eigenvalue weighted by Crippen LogP contribution is 2.30. The van der Waals surface area contributed by atoms with E-state index in [1.54, 1.807) is 0 Å². The van der Waals surface area contributed by atoms with Gasteiger partial charge < -0.3 is 4.74 Å². The largest absolute Gasteiger partial charge is 0.479 e. The first kappa shape index (κ1) is 15.2. The quantitative estimate of drug-likeness (QED) is 0.359. The number of rotatable bonds is 6. The molecule has 0 fully saturated rings. The minimum Gasteiger partial charge on any atom is -0.479 e. The van der Waals surface area contributed by atoms with Crippen LogP contribution in [-0.2, 0) is 4.79 Å². The lowest BCUT2D eigenvalue weighted by Gasteiger charge is -2.17. The molecule has 0 spiro atoms. The number of ether oxygens (including phenoxy) is 1. The van der Waals surface area contributed by atoms with Crippen LogP contribution in [0.25, 0.3) is 0 Å². The summed E-state index contributed by atoms with van der Waals surface area (Å²) < 4.78 is 5.40. The molecular weight excluding hydrogens is 274 g/mol. The van der Waals surface area contributed by atoms with Crippen LogP contribution < -0.4 is 16.0 Å². The number of nitrogens with two attached hydrogens (primary N) is 1. The molecule has 0 aliphatic heterocycles. The van der Waals surface area contributed by atoms with E-state index in [0.29, 0.717) is 12.8 Å². The van der Waals surface area contributed by atoms with Crippen LogP contribution in [0.3, 0.4) is 0 Å². The number of non-ortho nitro benzene ring substituents is 1. The van der Waals surface area contributed by atoms with Crippen LogP contribution in [0.4, 0.5) is 5.69 Å². The second-order valence-electron chi connectivity index (χ2n) is 3.78. The molecule has 19 heavy (non-hydrogen) atoms. The fourth-order valence-corrected chi connectivity index (χ4v) is 1.61. The van der Waals surface area contributed by atoms with Crippen molar-refractivity contribution in [1.29, 1.82) is 0 Å². The van der Waals surface area contributed by atoms with Crippen molar-refractivity contribution >= 4 is 23.2 Å². The van der Waals surface area contributed by atoms with Gasteiger partial charge in [-0.3, -0.25) is 20.3 Å². The highest BCUT2D eigenvalue weighted by molar-refractivity contribution is 6.32. The smallest absolute Gasteiger partial charge is 0.274 e. The molecule has 0 heterocycles. The Kier molecular flexibility index (Phi) is 5.53. The molecule has 3 N–H and O–H groups in total. The summed E-state index contributed by atoms with van der Waals surface area (Å²) in [6, 6.07) is 3.78. The molecule has 0 aromatic heterocycles. The first-order chi connectivity index (χ1) is 8.99. The molecule has 8 heteroatoms. The molecule has 1 aromatic rings. The third-order valence-electron chi connectivity index (χ3n) is 2.38. The number of hydrazine groups is 1. The molecule has 0 saturated carbocycles. The maximum atomic E-state index is 11.5. The van der Waals surface area contributed by atoms with Gasteiger partial charge >= 0.3 is 0 Å². The predicted octanol–water partition coefficient (Wildman–Crippen LogP) is 1.79. The van der Waals surface area contributed by atoms with Crippen molar-refractivity contribution in [2.24, 2.45) is 5.84 Å². The Labute approximate surface area is 114 Å². The van der Waals surface area contributed by atoms with E-state index < -0.39 is 16.9 Å². The minimum atomic E-state index is -0.838. The van der Waals surface area contributed by atoms with Crippen molar-refractivity contribution in [3.8, 4) is 5.75 Å². The zero-order chi connectivity index (χ0) is 14.4. The van der Waals surface area contributed by atoms with Gasteiger partial charge in [-0.2, -0.15) is 0 Å². The highest BCUT2D eigenvalue weighted by Gasteiger charge is 2.21. The van der Waals surface area contributed by atoms with Gasteiger partial charge in [0.2, 0.25) is 0 Å². The number of hydrogen-bond donors (Lipinski definition) is 2. The summed E-state index contributed by atoms with van der Waals surface area (Å²) in [5.41, 5.74) is 1.82. The number of amides is 1. The Bertz CT molecular complexity index is 481. The summed E-state index contributed by atoms with van der Waals surface area (Å²) in [4.78, 5) is 21.6. The van der Waals surface area contributed by atoms with Crippen LogP contribution in [0.5, 0.6) is 5.75 Å². The number of nitrogens with zero attached hydrogens (tertiary/aromatic N) is 1. The van der Waals surface area contributed by atoms with E-state index >= 15 is 0 Å². The fraction of sp³-hybridized carbons (Fsp3) is 0.364. The Balaban J connectivity index is 2.97. The van der Waals surface area contributed by atoms with E-state index in [1.165, 1.54) is 18.2 Å². The molecule has 0 aliphatic rings. The maximum Gasteiger partial charge on any atom is 0.274 e. The van der Waals surface area contributed by atoms with E-state index in [4.69, 9.17) is 22.2 Å². The number of hydrogen-bond acceptors (Lipinski definition) is 5. The van der Waals surface area contributed by atoms with E-state index in [9.17, 15) is 14.9 Å². The number of nitrogens with one attached hydrogen (secondary N) is 1. The van der Waals surface area contributed by atoms with Gasteiger partial charge in [-0.05, 0) is 12.5 Å². The summed E-state index contributed by atoms with van der Waals surface area (Å²) in [6.07, 6.45) is 0.265. The number of nitro groups is 1. The first-order valence-corrected chi connectivity index (χ1v) is 5.98. The molecule has 7 nitrogen and oxygen atoms in total. The topological polar surface area (TPSA) is 107 Å². The second kappa shape index (κ2) is 6.91. The maximum absolute atomic E-state index is 11.5. The molecule has 1 amide bonds. The van der Waals surface area contributed by atoms with Gasteiger partial charge in [0.15, 0.2) is 6.10 Å². The third kappa shape index (κ3) is 4.08. The summed E-state index contributed by atoms with van der Waals surface area (Å²) >= 11 is 5.88. The van der Waals surface area contributed by atoms with Crippen LogP contribution >= 0.6 is 11.6 Å². The standard InChI is InChI=1S/C11H14ClN3O4/c1-2-3-9(11(16)14-13)19-10-6-7(15(17)18)4-5-8(10)12/h4-6,9H,2-3,13H2,1H3,(H,14,16). The number of nitro benzene ring substituents is 1. The molecule has 0 radical (unpaired) electrons. The van der Waals surface area contributed by atoms with Crippen molar-refractivity contribution in [2.75, 3.05) is 0 Å². The van der Waals surface area contributed by atoms with Crippen molar-refractivity contribution in [3.05, 3.63) is 33.3 Å². The lowest BCUT2D eigenvalue weighted by Crippen LogP contribution is -2.42. The lowest BCUT2D eigenvalue weighted by molar-refractivity contribution is -0.384. The highest BCUT2D eigenvalue weighted by atomic mass is 35.5. The van der Waals surface area contributed by atoms with Crippen LogP contribution in [0.15, 0.2) is 18.2 Å². The zero-order valence-electron chi connectivity index (χ0n) is 10.3. The molecule has 1 rings (SSSR count). The lowest BCUT2D eigenvalue weighted by atomic mass is 10.2. The summed E-state index contributed by atoms with van der Waals surface area (Å²) in [5, 5.41) is 10.9. The number of carbonyl (C=O) groups excluding carboxylic acids is 1. The first-order valence-electron chi connectivity index (χ1n) is 5.60. The Morgan fingerprint density at radius 1 is 1.63 bits per heavy atom. The van der Waals surface area contributed by atoms with Gasteiger partial charge in [-0.1, -0.05) is 24.9 Å². The van der Waals surface area contributed by atoms with E-state index in [-0.39, 0.29) is 16.5 Å². The number of carbonyl (C=O) groups is 1. The van der Waals surface area contributed by atoms with Crippen LogP contribution in [0.2, 0.25) is 5.02 Å². The predicted molar refractivity (Wildman–Crippen MR) is 69.8 cm³/mol. The molecule has 1 atom stereocenters. The Hall–Kier alpha value is -1.86. The van der Waals surface area contributed by atoms with Gasteiger partial charge in [-0.15, -0.1) is 0 Å². The molecule has 1 aromatic carbocycles. The molecule has 1 unspecified atom stereocenters. The van der Waals surface area contributed by atoms with Gasteiger partial charge in [0.05, 0.1) is 16.0 Å². The fourth-order valence-electron chi connectivity index (χ4n) is 1.45. The zero-order valence-corrected chi connectivity index (χ0v) is 11.0. The third-order valence-corrected chi connectivity index (χ3v) is 2.69. The summed E-state index contributed by atoms with van der Waals surface area (Å²) in [6.45, 7) is 1.87. The van der Waals surface area contributed by atoms with Crippen LogP contribution in [0, 0.1) is 10.1 Å². The average molecular weight is 288 g/mol. The molecule has 0 aliphatic carbocycles. The van der Waals surface area contributed by atoms with Gasteiger partial charge in [0, 0.05) is 6.07 Å². The van der Waals surface area contributed by atoms with Crippen molar-refractivity contribution in [2.45, 2.75) is 25.9 Å². The van der Waals surface area contributed by atoms with Crippen molar-refractivity contribution in [3.63, 3.8) is 0 Å². The van der Waals surface area contributed by atoms with Gasteiger partial charge in [0.1, 0.15) is 5.75 Å². The Morgan fingerprint density at radius 2 is 2.32 bits per heavy atom. The number of benzene rings is 1. The minimum absolute atomic E-state index is 0.0814. The SMILES string of the molecule is CCCC(Oc1cc([N+](=O)[O-])ccc1Cl)C(=O)NN. The van der Waals surface area contributed by atoms with E-state index in [2.05, 4.69) is 0 Å². The van der Waals surface area contributed by atoms with Crippen molar-refractivity contribution in [1.82, 2.24) is 5.43 Å². The monoisotopic (exact) mass is 287 g/mol. The summed E-state index contributed by atoms with van der Waals surface area (Å²) in [7, 11) is 0. The second-order valence-corrected chi connectivity index (χ2v) is 4.18. The summed E-state index contributed by atoms with van der Waals surface area (Å²) in [5.74, 6) is 4.62. The van der Waals surface area contributed by atoms with Gasteiger partial charge in [0.25, 0.3) is 11.6 Å². The van der Waals surface area contributed by atoms with Crippen LogP contribution in [0.1, 0.15) is 19.8 Å². The molecule has 0 saturated heterocycles. The normalized spacial score (nSPS) is 11.7.